The smallest absolute Gasteiger partial charge is 0.303 e. The van der Waals surface area contributed by atoms with Gasteiger partial charge < -0.3 is 5.11 Å². The van der Waals surface area contributed by atoms with Crippen molar-refractivity contribution in [1.82, 2.24) is 0 Å². The number of carboxylic acids is 1. The highest BCUT2D eigenvalue weighted by atomic mass is 19.1. The van der Waals surface area contributed by atoms with Gasteiger partial charge >= 0.3 is 5.97 Å². The minimum Gasteiger partial charge on any atom is -0.481 e. The molecule has 0 bridgehead atoms. The third-order valence-electron chi connectivity index (χ3n) is 10.5. The molecule has 10 atom stereocenters. The van der Waals surface area contributed by atoms with Gasteiger partial charge in [-0.2, -0.15) is 0 Å². The van der Waals surface area contributed by atoms with Crippen molar-refractivity contribution in [3.63, 3.8) is 0 Å². The van der Waals surface area contributed by atoms with Crippen LogP contribution in [0.3, 0.4) is 0 Å². The summed E-state index contributed by atoms with van der Waals surface area (Å²) in [7, 11) is 0. The second-order valence-electron chi connectivity index (χ2n) is 11.7. The predicted octanol–water partition coefficient (Wildman–Crippen LogP) is 5.48. The summed E-state index contributed by atoms with van der Waals surface area (Å²) in [5.74, 6) is 0.374. The van der Waals surface area contributed by atoms with E-state index in [4.69, 9.17) is 5.11 Å². The van der Waals surface area contributed by atoms with Crippen LogP contribution in [0, 0.1) is 52.3 Å². The van der Waals surface area contributed by atoms with Gasteiger partial charge in [0.05, 0.1) is 0 Å². The monoisotopic (exact) mass is 434 g/mol. The van der Waals surface area contributed by atoms with Crippen LogP contribution in [0.1, 0.15) is 85.5 Å². The molecule has 174 valence electrons. The first-order valence-electron chi connectivity index (χ1n) is 12.5. The maximum absolute atomic E-state index is 14.7. The number of ketones is 2. The van der Waals surface area contributed by atoms with E-state index in [1.165, 1.54) is 0 Å². The zero-order valence-electron chi connectivity index (χ0n) is 19.5. The van der Waals surface area contributed by atoms with E-state index < -0.39 is 12.1 Å². The topological polar surface area (TPSA) is 71.4 Å². The Morgan fingerprint density at radius 3 is 2.45 bits per heavy atom. The molecule has 0 saturated heterocycles. The molecule has 0 aromatic rings. The number of Topliss-reactive ketones (excluding diaryl/α,β-unsaturated/α-hetero) is 2. The van der Waals surface area contributed by atoms with Gasteiger partial charge in [0.25, 0.3) is 0 Å². The molecule has 1 N–H and O–H groups in total. The summed E-state index contributed by atoms with van der Waals surface area (Å²) in [6.07, 6.45) is 4.77. The van der Waals surface area contributed by atoms with Crippen LogP contribution < -0.4 is 0 Å². The van der Waals surface area contributed by atoms with Crippen molar-refractivity contribution in [3.8, 4) is 0 Å². The maximum atomic E-state index is 14.7. The van der Waals surface area contributed by atoms with Crippen LogP contribution in [-0.2, 0) is 14.4 Å². The minimum atomic E-state index is -1.38. The molecule has 5 heteroatoms. The van der Waals surface area contributed by atoms with E-state index in [2.05, 4.69) is 20.8 Å². The van der Waals surface area contributed by atoms with Gasteiger partial charge in [-0.1, -0.05) is 27.7 Å². The molecule has 4 rings (SSSR count). The van der Waals surface area contributed by atoms with Crippen molar-refractivity contribution >= 4 is 17.5 Å². The summed E-state index contributed by atoms with van der Waals surface area (Å²) in [4.78, 5) is 37.2. The summed E-state index contributed by atoms with van der Waals surface area (Å²) in [6.45, 7) is 8.74. The lowest BCUT2D eigenvalue weighted by Crippen LogP contribution is -2.61. The molecule has 0 aromatic carbocycles. The summed E-state index contributed by atoms with van der Waals surface area (Å²) >= 11 is 0. The Morgan fingerprint density at radius 1 is 1.13 bits per heavy atom. The second-order valence-corrected chi connectivity index (χ2v) is 11.7. The van der Waals surface area contributed by atoms with Crippen LogP contribution >= 0.6 is 0 Å². The van der Waals surface area contributed by atoms with Crippen molar-refractivity contribution in [2.24, 2.45) is 52.3 Å². The third-order valence-corrected chi connectivity index (χ3v) is 10.5. The fraction of sp³-hybridized carbons (Fsp3) is 0.885. The van der Waals surface area contributed by atoms with Gasteiger partial charge in [0.2, 0.25) is 0 Å². The van der Waals surface area contributed by atoms with Crippen molar-refractivity contribution in [1.29, 1.82) is 0 Å². The molecule has 4 aliphatic rings. The summed E-state index contributed by atoms with van der Waals surface area (Å²) < 4.78 is 14.7. The second kappa shape index (κ2) is 7.95. The number of alkyl halides is 1. The Morgan fingerprint density at radius 2 is 1.81 bits per heavy atom. The van der Waals surface area contributed by atoms with Crippen LogP contribution in [0.15, 0.2) is 0 Å². The van der Waals surface area contributed by atoms with Gasteiger partial charge in [0, 0.05) is 24.7 Å². The van der Waals surface area contributed by atoms with Gasteiger partial charge in [-0.3, -0.25) is 14.4 Å². The molecule has 0 radical (unpaired) electrons. The van der Waals surface area contributed by atoms with Crippen molar-refractivity contribution < 1.29 is 23.9 Å². The number of hydrogen-bond donors (Lipinski definition) is 1. The van der Waals surface area contributed by atoms with Crippen molar-refractivity contribution in [2.45, 2.75) is 91.7 Å². The van der Waals surface area contributed by atoms with E-state index in [0.717, 1.165) is 32.1 Å². The number of carbonyl (C=O) groups is 3. The fourth-order valence-corrected chi connectivity index (χ4v) is 8.99. The number of rotatable bonds is 5. The molecule has 4 saturated carbocycles. The Hall–Kier alpha value is -1.26. The predicted molar refractivity (Wildman–Crippen MR) is 116 cm³/mol. The number of fused-ring (bicyclic) bond motifs is 5. The molecule has 0 heterocycles. The lowest BCUT2D eigenvalue weighted by atomic mass is 9.41. The first-order chi connectivity index (χ1) is 14.5. The third kappa shape index (κ3) is 3.40. The number of carboxylic acid groups (broad SMARTS) is 1. The molecule has 31 heavy (non-hydrogen) atoms. The van der Waals surface area contributed by atoms with Gasteiger partial charge in [0.1, 0.15) is 5.78 Å². The molecule has 0 amide bonds. The summed E-state index contributed by atoms with van der Waals surface area (Å²) in [6, 6.07) is 0. The lowest BCUT2D eigenvalue weighted by molar-refractivity contribution is -0.174. The molecule has 4 aliphatic carbocycles. The van der Waals surface area contributed by atoms with Crippen LogP contribution in [0.25, 0.3) is 0 Å². The van der Waals surface area contributed by atoms with Crippen molar-refractivity contribution in [2.75, 3.05) is 0 Å². The van der Waals surface area contributed by atoms with E-state index in [9.17, 15) is 18.8 Å². The van der Waals surface area contributed by atoms with E-state index >= 15 is 0 Å². The normalized spacial score (nSPS) is 48.0. The molecule has 0 spiro atoms. The van der Waals surface area contributed by atoms with Crippen LogP contribution in [-0.4, -0.2) is 28.8 Å². The average molecular weight is 435 g/mol. The van der Waals surface area contributed by atoms with Gasteiger partial charge in [-0.15, -0.1) is 0 Å². The Balaban J connectivity index is 1.65. The Kier molecular flexibility index (Phi) is 5.88. The molecule has 4 nitrogen and oxygen atoms in total. The average Bonchev–Trinajstić information content (AvgIpc) is 3.06. The van der Waals surface area contributed by atoms with E-state index in [0.29, 0.717) is 30.0 Å². The van der Waals surface area contributed by atoms with Crippen LogP contribution in [0.4, 0.5) is 4.39 Å². The standard InChI is InChI=1S/C26H39FO4/c1-5-15-19-12-21(28)20(27)13-26(19,4)18-10-11-25(3)16(14(2)6-9-22(29)30)7-8-17(25)23(18)24(15)31/h14-20,23H,5-13H2,1-4H3,(H,29,30)/t14-,15-,16-,17+,18+,19+,20-,23+,25-,26-/m1/s1. The largest absolute Gasteiger partial charge is 0.481 e. The van der Waals surface area contributed by atoms with E-state index in [1.807, 2.05) is 6.92 Å². The van der Waals surface area contributed by atoms with E-state index in [-0.39, 0.29) is 59.5 Å². The number of aliphatic carboxylic acids is 1. The number of halogens is 1. The zero-order valence-corrected chi connectivity index (χ0v) is 19.5. The first kappa shape index (κ1) is 22.9. The first-order valence-corrected chi connectivity index (χ1v) is 12.5. The molecule has 0 aliphatic heterocycles. The molecule has 4 fully saturated rings. The van der Waals surface area contributed by atoms with Crippen LogP contribution in [0.5, 0.6) is 0 Å². The van der Waals surface area contributed by atoms with Gasteiger partial charge in [-0.25, -0.2) is 4.39 Å². The fourth-order valence-electron chi connectivity index (χ4n) is 8.99. The number of hydrogen-bond acceptors (Lipinski definition) is 3. The Labute approximate surface area is 185 Å². The Bertz CT molecular complexity index is 765. The molecule has 0 aromatic heterocycles. The minimum absolute atomic E-state index is 0.0122. The number of carbonyl (C=O) groups excluding carboxylic acids is 2. The highest BCUT2D eigenvalue weighted by Gasteiger charge is 2.66. The summed E-state index contributed by atoms with van der Waals surface area (Å²) in [5, 5.41) is 9.13. The van der Waals surface area contributed by atoms with Crippen LogP contribution in [0.2, 0.25) is 0 Å². The molecule has 0 unspecified atom stereocenters. The molecular weight excluding hydrogens is 395 g/mol. The van der Waals surface area contributed by atoms with Crippen molar-refractivity contribution in [3.05, 3.63) is 0 Å². The summed E-state index contributed by atoms with van der Waals surface area (Å²) in [5.41, 5.74) is -0.225. The van der Waals surface area contributed by atoms with Gasteiger partial charge in [-0.05, 0) is 85.4 Å². The SMILES string of the molecule is CC[C@H]1C(=O)[C@@H]2[C@H](CC[C@]3(C)[C@@H]([C@H](C)CCC(=O)O)CC[C@@H]23)[C@@]2(C)C[C@@H](F)C(=O)C[C@@H]12. The van der Waals surface area contributed by atoms with E-state index in [1.54, 1.807) is 0 Å². The highest BCUT2D eigenvalue weighted by molar-refractivity contribution is 5.89. The van der Waals surface area contributed by atoms with Gasteiger partial charge in [0.15, 0.2) is 12.0 Å². The lowest BCUT2D eigenvalue weighted by Gasteiger charge is -2.61. The quantitative estimate of drug-likeness (QED) is 0.622. The molecular formula is C26H39FO4. The highest BCUT2D eigenvalue weighted by Crippen LogP contribution is 2.68. The maximum Gasteiger partial charge on any atom is 0.303 e. The zero-order chi connectivity index (χ0) is 22.7.